The molecular formula is C24H18ClN3O. The summed E-state index contributed by atoms with van der Waals surface area (Å²) in [4.78, 5) is 4.65. The normalized spacial score (nSPS) is 12.9. The number of aliphatic imine (C=N–C) groups is 1. The predicted molar refractivity (Wildman–Crippen MR) is 117 cm³/mol. The van der Waals surface area contributed by atoms with Crippen molar-refractivity contribution >= 4 is 23.6 Å². The molecule has 4 nitrogen and oxygen atoms in total. The van der Waals surface area contributed by atoms with Gasteiger partial charge in [-0.15, -0.1) is 0 Å². The van der Waals surface area contributed by atoms with E-state index < -0.39 is 0 Å². The summed E-state index contributed by atoms with van der Waals surface area (Å²) in [5, 5.41) is 5.44. The van der Waals surface area contributed by atoms with Gasteiger partial charge in [0.25, 0.3) is 0 Å². The van der Waals surface area contributed by atoms with Crippen LogP contribution in [0.25, 0.3) is 16.9 Å². The number of hydrogen-bond donors (Lipinski definition) is 0. The zero-order valence-electron chi connectivity index (χ0n) is 15.8. The minimum Gasteiger partial charge on any atom is -0.486 e. The molecule has 1 aromatic heterocycles. The van der Waals surface area contributed by atoms with Gasteiger partial charge in [0.05, 0.1) is 18.0 Å². The molecule has 0 bridgehead atoms. The molecule has 0 N–H and O–H groups in total. The van der Waals surface area contributed by atoms with Crippen LogP contribution in [0.1, 0.15) is 6.92 Å². The van der Waals surface area contributed by atoms with Gasteiger partial charge in [0.15, 0.2) is 11.6 Å². The van der Waals surface area contributed by atoms with Crippen molar-refractivity contribution in [1.29, 1.82) is 0 Å². The van der Waals surface area contributed by atoms with Crippen molar-refractivity contribution in [1.82, 2.24) is 9.78 Å². The molecular weight excluding hydrogens is 382 g/mol. The molecule has 142 valence electrons. The van der Waals surface area contributed by atoms with Gasteiger partial charge in [-0.2, -0.15) is 5.10 Å². The summed E-state index contributed by atoms with van der Waals surface area (Å²) in [5.74, 6) is 1.38. The first-order valence-electron chi connectivity index (χ1n) is 9.25. The van der Waals surface area contributed by atoms with Crippen LogP contribution in [0.15, 0.2) is 101 Å². The van der Waals surface area contributed by atoms with Crippen molar-refractivity contribution in [3.63, 3.8) is 0 Å². The topological polar surface area (TPSA) is 39.4 Å². The van der Waals surface area contributed by atoms with Gasteiger partial charge in [0.2, 0.25) is 0 Å². The molecule has 0 aliphatic heterocycles. The standard InChI is InChI=1S/C24H18ClN3O/c1-2-29-22-14-8-18(9-15-22)17-26-24-16-23(19-10-12-20(25)13-11-19)27-28(24)21-6-4-3-5-7-21/h3-8,10-14,16-17H,2H2,1H3. The Bertz CT molecular complexity index is 1170. The lowest BCUT2D eigenvalue weighted by Crippen LogP contribution is -1.96. The number of rotatable bonds is 6. The number of nitrogens with zero attached hydrogens (tertiary/aromatic N) is 3. The van der Waals surface area contributed by atoms with Gasteiger partial charge in [-0.3, -0.25) is 0 Å². The Morgan fingerprint density at radius 2 is 1.86 bits per heavy atom. The lowest BCUT2D eigenvalue weighted by molar-refractivity contribution is 0.243. The van der Waals surface area contributed by atoms with Crippen molar-refractivity contribution in [3.8, 4) is 16.9 Å². The molecule has 1 aliphatic carbocycles. The highest BCUT2D eigenvalue weighted by Crippen LogP contribution is 2.27. The molecule has 0 unspecified atom stereocenters. The van der Waals surface area contributed by atoms with Crippen LogP contribution in [0.2, 0.25) is 5.02 Å². The highest BCUT2D eigenvalue weighted by Gasteiger charge is 2.10. The Balaban J connectivity index is 1.73. The number of allylic oxidation sites excluding steroid dienone is 3. The second-order valence-electron chi connectivity index (χ2n) is 6.24. The zero-order chi connectivity index (χ0) is 20.1. The third-order valence-electron chi connectivity index (χ3n) is 4.21. The fourth-order valence-electron chi connectivity index (χ4n) is 2.82. The molecule has 0 saturated carbocycles. The monoisotopic (exact) mass is 399 g/mol. The van der Waals surface area contributed by atoms with Crippen molar-refractivity contribution in [2.24, 2.45) is 4.99 Å². The molecule has 0 saturated heterocycles. The van der Waals surface area contributed by atoms with E-state index in [1.807, 2.05) is 84.4 Å². The third-order valence-corrected chi connectivity index (χ3v) is 4.46. The summed E-state index contributed by atoms with van der Waals surface area (Å²) in [5.41, 5.74) is 9.57. The van der Waals surface area contributed by atoms with Gasteiger partial charge in [-0.05, 0) is 49.1 Å². The third kappa shape index (κ3) is 4.48. The molecule has 5 heteroatoms. The molecule has 0 amide bonds. The van der Waals surface area contributed by atoms with E-state index in [2.05, 4.69) is 16.5 Å². The summed E-state index contributed by atoms with van der Waals surface area (Å²) >= 11 is 6.02. The molecule has 29 heavy (non-hydrogen) atoms. The van der Waals surface area contributed by atoms with Crippen molar-refractivity contribution in [2.75, 3.05) is 6.61 Å². The van der Waals surface area contributed by atoms with Gasteiger partial charge in [0.1, 0.15) is 0 Å². The molecule has 3 aromatic rings. The zero-order valence-corrected chi connectivity index (χ0v) is 16.6. The van der Waals surface area contributed by atoms with Crippen LogP contribution in [0.3, 0.4) is 0 Å². The van der Waals surface area contributed by atoms with Crippen molar-refractivity contribution < 1.29 is 4.74 Å². The number of hydrogen-bond acceptors (Lipinski definition) is 3. The minimum atomic E-state index is 0.599. The van der Waals surface area contributed by atoms with Gasteiger partial charge in [0, 0.05) is 28.4 Å². The quantitative estimate of drug-likeness (QED) is 0.373. The maximum Gasteiger partial charge on any atom is 0.170 e. The first-order chi connectivity index (χ1) is 14.2. The lowest BCUT2D eigenvalue weighted by atomic mass is 10.1. The van der Waals surface area contributed by atoms with Crippen LogP contribution in [0.4, 0.5) is 5.82 Å². The number of benzene rings is 2. The van der Waals surface area contributed by atoms with Crippen molar-refractivity contribution in [2.45, 2.75) is 6.92 Å². The summed E-state index contributed by atoms with van der Waals surface area (Å²) in [6.07, 6.45) is 5.50. The smallest absolute Gasteiger partial charge is 0.170 e. The second-order valence-corrected chi connectivity index (χ2v) is 6.67. The summed E-state index contributed by atoms with van der Waals surface area (Å²) in [7, 11) is 0. The Labute approximate surface area is 174 Å². The van der Waals surface area contributed by atoms with E-state index in [9.17, 15) is 0 Å². The van der Waals surface area contributed by atoms with Crippen LogP contribution in [0, 0.1) is 0 Å². The molecule has 4 rings (SSSR count). The molecule has 1 aliphatic rings. The average Bonchev–Trinajstić information content (AvgIpc) is 3.19. The lowest BCUT2D eigenvalue weighted by Gasteiger charge is -2.04. The number of para-hydroxylation sites is 1. The predicted octanol–water partition coefficient (Wildman–Crippen LogP) is 6.07. The van der Waals surface area contributed by atoms with Crippen LogP contribution < -0.4 is 0 Å². The van der Waals surface area contributed by atoms with Crippen LogP contribution >= 0.6 is 11.6 Å². The highest BCUT2D eigenvalue weighted by molar-refractivity contribution is 6.30. The fourth-order valence-corrected chi connectivity index (χ4v) is 2.94. The maximum absolute atomic E-state index is 6.02. The first-order valence-corrected chi connectivity index (χ1v) is 9.63. The highest BCUT2D eigenvalue weighted by atomic mass is 35.5. The van der Waals surface area contributed by atoms with E-state index >= 15 is 0 Å². The van der Waals surface area contributed by atoms with E-state index in [1.165, 1.54) is 0 Å². The van der Waals surface area contributed by atoms with Crippen LogP contribution in [-0.2, 0) is 4.74 Å². The van der Waals surface area contributed by atoms with E-state index in [0.717, 1.165) is 22.5 Å². The number of ether oxygens (including phenoxy) is 1. The maximum atomic E-state index is 6.02. The number of halogens is 1. The Kier molecular flexibility index (Phi) is 5.60. The van der Waals surface area contributed by atoms with Crippen LogP contribution in [-0.4, -0.2) is 22.6 Å². The Morgan fingerprint density at radius 1 is 1.07 bits per heavy atom. The van der Waals surface area contributed by atoms with Gasteiger partial charge in [-0.1, -0.05) is 47.7 Å². The molecule has 1 heterocycles. The summed E-state index contributed by atoms with van der Waals surface area (Å²) < 4.78 is 7.22. The van der Waals surface area contributed by atoms with E-state index in [-0.39, 0.29) is 0 Å². The van der Waals surface area contributed by atoms with E-state index in [4.69, 9.17) is 21.4 Å². The van der Waals surface area contributed by atoms with Crippen molar-refractivity contribution in [3.05, 3.63) is 101 Å². The SMILES string of the molecule is CCOC1=C=C=C(C=Nc2cc(-c3ccc(Cl)cc3)nn2-c2ccccc2)C=C1. The average molecular weight is 400 g/mol. The first kappa shape index (κ1) is 18.8. The fraction of sp³-hybridized carbons (Fsp3) is 0.0833. The largest absolute Gasteiger partial charge is 0.486 e. The molecule has 0 atom stereocenters. The molecule has 0 spiro atoms. The minimum absolute atomic E-state index is 0.599. The summed E-state index contributed by atoms with van der Waals surface area (Å²) in [6.45, 7) is 2.54. The van der Waals surface area contributed by atoms with Gasteiger partial charge >= 0.3 is 0 Å². The van der Waals surface area contributed by atoms with Gasteiger partial charge in [-0.25, -0.2) is 9.67 Å². The van der Waals surface area contributed by atoms with E-state index in [0.29, 0.717) is 23.2 Å². The molecule has 0 radical (unpaired) electrons. The number of aromatic nitrogens is 2. The van der Waals surface area contributed by atoms with Gasteiger partial charge < -0.3 is 4.74 Å². The molecule has 0 fully saturated rings. The van der Waals surface area contributed by atoms with E-state index in [1.54, 1.807) is 6.21 Å². The van der Waals surface area contributed by atoms with Crippen LogP contribution in [0.5, 0.6) is 0 Å². The Hall–Kier alpha value is -3.55. The Morgan fingerprint density at radius 3 is 2.55 bits per heavy atom. The second kappa shape index (κ2) is 8.64. The summed E-state index contributed by atoms with van der Waals surface area (Å²) in [6, 6.07) is 19.5. The molecule has 2 aromatic carbocycles.